The van der Waals surface area contributed by atoms with Crippen LogP contribution in [-0.2, 0) is 6.18 Å². The molecule has 0 bridgehead atoms. The molecular formula is C13H12F3N3O. The largest absolute Gasteiger partial charge is 0.439 e. The second-order valence-electron chi connectivity index (χ2n) is 4.21. The van der Waals surface area contributed by atoms with E-state index in [0.717, 1.165) is 12.1 Å². The number of aryl methyl sites for hydroxylation is 1. The molecule has 0 radical (unpaired) electrons. The minimum atomic E-state index is -4.42. The van der Waals surface area contributed by atoms with E-state index in [1.54, 1.807) is 13.8 Å². The molecule has 106 valence electrons. The highest BCUT2D eigenvalue weighted by atomic mass is 19.4. The van der Waals surface area contributed by atoms with Gasteiger partial charge in [-0.3, -0.25) is 0 Å². The molecule has 1 aromatic carbocycles. The number of benzene rings is 1. The Morgan fingerprint density at radius 3 is 2.50 bits per heavy atom. The van der Waals surface area contributed by atoms with Crippen LogP contribution in [0.25, 0.3) is 0 Å². The Balaban J connectivity index is 2.36. The van der Waals surface area contributed by atoms with E-state index < -0.39 is 11.7 Å². The van der Waals surface area contributed by atoms with Gasteiger partial charge < -0.3 is 10.5 Å². The molecule has 4 nitrogen and oxygen atoms in total. The van der Waals surface area contributed by atoms with Crippen LogP contribution in [0.2, 0.25) is 0 Å². The number of anilines is 1. The fourth-order valence-corrected chi connectivity index (χ4v) is 1.57. The Hall–Kier alpha value is -2.31. The van der Waals surface area contributed by atoms with Crippen LogP contribution in [0.5, 0.6) is 11.6 Å². The number of nitrogens with two attached hydrogens (primary N) is 1. The van der Waals surface area contributed by atoms with Gasteiger partial charge in [0.15, 0.2) is 0 Å². The Kier molecular flexibility index (Phi) is 3.52. The molecule has 0 spiro atoms. The molecule has 0 saturated carbocycles. The molecule has 0 aliphatic rings. The first-order chi connectivity index (χ1) is 9.27. The highest BCUT2D eigenvalue weighted by Crippen LogP contribution is 2.33. The first-order valence-electron chi connectivity index (χ1n) is 5.73. The number of nitrogen functional groups attached to an aromatic ring is 1. The highest BCUT2D eigenvalue weighted by Gasteiger charge is 2.30. The van der Waals surface area contributed by atoms with Crippen molar-refractivity contribution in [3.63, 3.8) is 0 Å². The topological polar surface area (TPSA) is 61.0 Å². The van der Waals surface area contributed by atoms with Gasteiger partial charge in [-0.2, -0.15) is 18.2 Å². The van der Waals surface area contributed by atoms with Gasteiger partial charge in [0.05, 0.1) is 11.1 Å². The van der Waals surface area contributed by atoms with Gasteiger partial charge in [-0.25, -0.2) is 4.98 Å². The highest BCUT2D eigenvalue weighted by molar-refractivity contribution is 5.46. The average molecular weight is 283 g/mol. The third-order valence-corrected chi connectivity index (χ3v) is 2.63. The average Bonchev–Trinajstić information content (AvgIpc) is 2.35. The lowest BCUT2D eigenvalue weighted by atomic mass is 10.2. The Morgan fingerprint density at radius 1 is 1.15 bits per heavy atom. The van der Waals surface area contributed by atoms with Crippen molar-refractivity contribution in [2.45, 2.75) is 20.0 Å². The van der Waals surface area contributed by atoms with Crippen LogP contribution in [0.15, 0.2) is 24.3 Å². The summed E-state index contributed by atoms with van der Waals surface area (Å²) in [5.74, 6) is 0.810. The summed E-state index contributed by atoms with van der Waals surface area (Å²) in [5, 5.41) is 0. The van der Waals surface area contributed by atoms with Gasteiger partial charge in [0, 0.05) is 0 Å². The van der Waals surface area contributed by atoms with Crippen molar-refractivity contribution in [1.29, 1.82) is 0 Å². The van der Waals surface area contributed by atoms with Crippen LogP contribution in [0.3, 0.4) is 0 Å². The fraction of sp³-hybridized carbons (Fsp3) is 0.231. The minimum absolute atomic E-state index is 0.0421. The van der Waals surface area contributed by atoms with Crippen LogP contribution < -0.4 is 10.5 Å². The van der Waals surface area contributed by atoms with Gasteiger partial charge in [-0.05, 0) is 32.0 Å². The number of rotatable bonds is 2. The van der Waals surface area contributed by atoms with Crippen molar-refractivity contribution in [3.05, 3.63) is 41.2 Å². The molecule has 1 heterocycles. The van der Waals surface area contributed by atoms with Crippen molar-refractivity contribution in [1.82, 2.24) is 9.97 Å². The predicted octanol–water partition coefficient (Wildman–Crippen LogP) is 3.49. The number of hydrogen-bond acceptors (Lipinski definition) is 4. The van der Waals surface area contributed by atoms with E-state index in [-0.39, 0.29) is 17.4 Å². The summed E-state index contributed by atoms with van der Waals surface area (Å²) in [6, 6.07) is 4.57. The summed E-state index contributed by atoms with van der Waals surface area (Å²) in [7, 11) is 0. The molecule has 20 heavy (non-hydrogen) atoms. The van der Waals surface area contributed by atoms with Gasteiger partial charge >= 0.3 is 6.18 Å². The zero-order valence-electron chi connectivity index (χ0n) is 10.8. The zero-order valence-corrected chi connectivity index (χ0v) is 10.8. The third-order valence-electron chi connectivity index (χ3n) is 2.63. The zero-order chi connectivity index (χ0) is 14.9. The number of nitrogens with zero attached hydrogens (tertiary/aromatic N) is 2. The van der Waals surface area contributed by atoms with E-state index in [4.69, 9.17) is 10.5 Å². The first kappa shape index (κ1) is 14.1. The summed E-state index contributed by atoms with van der Waals surface area (Å²) in [6.45, 7) is 3.26. The standard InChI is InChI=1S/C13H12F3N3O/c1-7-11(17)18-8(2)19-12(7)20-10-5-3-4-9(6-10)13(14,15)16/h3-6H,1-2H3,(H2,17,18,19). The molecule has 7 heteroatoms. The predicted molar refractivity (Wildman–Crippen MR) is 67.4 cm³/mol. The van der Waals surface area contributed by atoms with Crippen LogP contribution in [-0.4, -0.2) is 9.97 Å². The van der Waals surface area contributed by atoms with Gasteiger partial charge in [0.1, 0.15) is 17.4 Å². The summed E-state index contributed by atoms with van der Waals surface area (Å²) < 4.78 is 43.2. The molecule has 0 amide bonds. The fourth-order valence-electron chi connectivity index (χ4n) is 1.57. The molecule has 1 aromatic heterocycles. The number of hydrogen-bond donors (Lipinski definition) is 1. The quantitative estimate of drug-likeness (QED) is 0.916. The molecule has 0 aliphatic heterocycles. The van der Waals surface area contributed by atoms with Gasteiger partial charge in [-0.1, -0.05) is 6.07 Å². The maximum absolute atomic E-state index is 12.6. The molecule has 0 saturated heterocycles. The summed E-state index contributed by atoms with van der Waals surface area (Å²) in [6.07, 6.45) is -4.42. The van der Waals surface area contributed by atoms with Gasteiger partial charge in [0.2, 0.25) is 5.88 Å². The molecule has 0 unspecified atom stereocenters. The Morgan fingerprint density at radius 2 is 1.85 bits per heavy atom. The number of ether oxygens (including phenoxy) is 1. The van der Waals surface area contributed by atoms with Crippen LogP contribution >= 0.6 is 0 Å². The van der Waals surface area contributed by atoms with E-state index >= 15 is 0 Å². The molecular weight excluding hydrogens is 271 g/mol. The van der Waals surface area contributed by atoms with Crippen molar-refractivity contribution in [2.75, 3.05) is 5.73 Å². The lowest BCUT2D eigenvalue weighted by Gasteiger charge is -2.12. The Bertz CT molecular complexity index is 641. The monoisotopic (exact) mass is 283 g/mol. The van der Waals surface area contributed by atoms with E-state index in [0.29, 0.717) is 11.4 Å². The molecule has 2 rings (SSSR count). The van der Waals surface area contributed by atoms with Crippen molar-refractivity contribution in [2.24, 2.45) is 0 Å². The maximum atomic E-state index is 12.6. The van der Waals surface area contributed by atoms with E-state index in [1.165, 1.54) is 12.1 Å². The lowest BCUT2D eigenvalue weighted by molar-refractivity contribution is -0.137. The third kappa shape index (κ3) is 2.98. The van der Waals surface area contributed by atoms with E-state index in [1.807, 2.05) is 0 Å². The maximum Gasteiger partial charge on any atom is 0.416 e. The number of alkyl halides is 3. The van der Waals surface area contributed by atoms with Crippen molar-refractivity contribution in [3.8, 4) is 11.6 Å². The van der Waals surface area contributed by atoms with Crippen LogP contribution in [0, 0.1) is 13.8 Å². The number of halogens is 3. The first-order valence-corrected chi connectivity index (χ1v) is 5.73. The van der Waals surface area contributed by atoms with Gasteiger partial charge in [0.25, 0.3) is 0 Å². The number of aromatic nitrogens is 2. The molecule has 2 aromatic rings. The minimum Gasteiger partial charge on any atom is -0.439 e. The van der Waals surface area contributed by atoms with E-state index in [9.17, 15) is 13.2 Å². The molecule has 0 fully saturated rings. The molecule has 0 atom stereocenters. The van der Waals surface area contributed by atoms with Crippen molar-refractivity contribution < 1.29 is 17.9 Å². The van der Waals surface area contributed by atoms with Crippen LogP contribution in [0.1, 0.15) is 17.0 Å². The smallest absolute Gasteiger partial charge is 0.416 e. The summed E-state index contributed by atoms with van der Waals surface area (Å²) in [5.41, 5.74) is 5.36. The molecule has 2 N–H and O–H groups in total. The SMILES string of the molecule is Cc1nc(N)c(C)c(Oc2cccc(C(F)(F)F)c2)n1. The summed E-state index contributed by atoms with van der Waals surface area (Å²) in [4.78, 5) is 7.97. The lowest BCUT2D eigenvalue weighted by Crippen LogP contribution is -2.05. The van der Waals surface area contributed by atoms with Crippen LogP contribution in [0.4, 0.5) is 19.0 Å². The van der Waals surface area contributed by atoms with Gasteiger partial charge in [-0.15, -0.1) is 0 Å². The normalized spacial score (nSPS) is 11.4. The Labute approximate surface area is 113 Å². The molecule has 0 aliphatic carbocycles. The second kappa shape index (κ2) is 4.99. The van der Waals surface area contributed by atoms with Crippen molar-refractivity contribution >= 4 is 5.82 Å². The summed E-state index contributed by atoms with van der Waals surface area (Å²) >= 11 is 0. The second-order valence-corrected chi connectivity index (χ2v) is 4.21. The van der Waals surface area contributed by atoms with E-state index in [2.05, 4.69) is 9.97 Å².